The number of aliphatic hydroxyl groups excluding tert-OH is 1. The summed E-state index contributed by atoms with van der Waals surface area (Å²) in [5.41, 5.74) is 5.09. The predicted molar refractivity (Wildman–Crippen MR) is 70.1 cm³/mol. The Morgan fingerprint density at radius 3 is 2.72 bits per heavy atom. The van der Waals surface area contributed by atoms with Gasteiger partial charge in [-0.05, 0) is 19.8 Å². The molecular formula is C13H26N2O3. The molecule has 2 unspecified atom stereocenters. The van der Waals surface area contributed by atoms with Gasteiger partial charge in [-0.15, -0.1) is 0 Å². The van der Waals surface area contributed by atoms with Crippen molar-refractivity contribution >= 4 is 5.91 Å². The Balaban J connectivity index is 2.05. The minimum absolute atomic E-state index is 0.00756. The Labute approximate surface area is 109 Å². The van der Waals surface area contributed by atoms with Gasteiger partial charge in [-0.2, -0.15) is 0 Å². The summed E-state index contributed by atoms with van der Waals surface area (Å²) in [7, 11) is 0. The molecule has 106 valence electrons. The van der Waals surface area contributed by atoms with Gasteiger partial charge in [0.2, 0.25) is 5.91 Å². The fourth-order valence-corrected chi connectivity index (χ4v) is 2.25. The van der Waals surface area contributed by atoms with Crippen molar-refractivity contribution in [3.05, 3.63) is 0 Å². The molecule has 0 saturated heterocycles. The molecule has 0 radical (unpaired) electrons. The zero-order valence-electron chi connectivity index (χ0n) is 11.2. The van der Waals surface area contributed by atoms with Gasteiger partial charge < -0.3 is 20.9 Å². The van der Waals surface area contributed by atoms with Gasteiger partial charge in [0.15, 0.2) is 0 Å². The van der Waals surface area contributed by atoms with Crippen LogP contribution in [-0.2, 0) is 9.53 Å². The number of nitrogens with two attached hydrogens (primary N) is 1. The Bertz CT molecular complexity index is 242. The van der Waals surface area contributed by atoms with E-state index in [0.29, 0.717) is 19.3 Å². The zero-order chi connectivity index (χ0) is 13.4. The summed E-state index contributed by atoms with van der Waals surface area (Å²) >= 11 is 0. The summed E-state index contributed by atoms with van der Waals surface area (Å²) in [5, 5.41) is 12.8. The molecule has 4 N–H and O–H groups in total. The average molecular weight is 258 g/mol. The molecule has 0 aromatic heterocycles. The van der Waals surface area contributed by atoms with Crippen molar-refractivity contribution < 1.29 is 14.6 Å². The lowest BCUT2D eigenvalue weighted by Gasteiger charge is -2.24. The molecule has 2 atom stereocenters. The lowest BCUT2D eigenvalue weighted by molar-refractivity contribution is -0.118. The fraction of sp³-hybridized carbons (Fsp3) is 0.923. The van der Waals surface area contributed by atoms with Gasteiger partial charge in [0.05, 0.1) is 18.8 Å². The second-order valence-corrected chi connectivity index (χ2v) is 5.23. The van der Waals surface area contributed by atoms with Crippen molar-refractivity contribution in [2.24, 2.45) is 5.73 Å². The van der Waals surface area contributed by atoms with E-state index >= 15 is 0 Å². The molecule has 1 aliphatic rings. The first kappa shape index (κ1) is 15.4. The van der Waals surface area contributed by atoms with Crippen LogP contribution in [0, 0.1) is 0 Å². The number of primary amides is 1. The maximum Gasteiger partial charge on any atom is 0.218 e. The molecule has 18 heavy (non-hydrogen) atoms. The third-order valence-corrected chi connectivity index (χ3v) is 3.29. The van der Waals surface area contributed by atoms with E-state index in [4.69, 9.17) is 10.5 Å². The predicted octanol–water partition coefficient (Wildman–Crippen LogP) is 0.550. The first-order valence-corrected chi connectivity index (χ1v) is 6.89. The molecule has 1 aliphatic carbocycles. The number of aliphatic hydroxyl groups is 1. The maximum absolute atomic E-state index is 10.7. The van der Waals surface area contributed by atoms with E-state index in [9.17, 15) is 9.90 Å². The van der Waals surface area contributed by atoms with Crippen LogP contribution in [0.25, 0.3) is 0 Å². The molecule has 1 fully saturated rings. The van der Waals surface area contributed by atoms with Gasteiger partial charge in [0.1, 0.15) is 0 Å². The highest BCUT2D eigenvalue weighted by molar-refractivity contribution is 5.74. The lowest BCUT2D eigenvalue weighted by atomic mass is 9.98. The molecule has 0 aromatic carbocycles. The third-order valence-electron chi connectivity index (χ3n) is 3.29. The minimum atomic E-state index is -0.526. The van der Waals surface area contributed by atoms with Crippen molar-refractivity contribution in [3.63, 3.8) is 0 Å². The van der Waals surface area contributed by atoms with Crippen LogP contribution in [-0.4, -0.2) is 42.4 Å². The number of carbonyl (C=O) groups excluding carboxylic acids is 1. The van der Waals surface area contributed by atoms with Crippen LogP contribution in [0.5, 0.6) is 0 Å². The second-order valence-electron chi connectivity index (χ2n) is 5.23. The van der Waals surface area contributed by atoms with E-state index < -0.39 is 6.10 Å². The summed E-state index contributed by atoms with van der Waals surface area (Å²) in [4.78, 5) is 10.7. The fourth-order valence-electron chi connectivity index (χ4n) is 2.25. The standard InChI is InChI=1S/C13H26N2O3/c1-10(7-13(14)17)15-8-11(16)9-18-12-5-3-2-4-6-12/h10-12,15-16H,2-9H2,1H3,(H2,14,17). The molecule has 0 aliphatic heterocycles. The maximum atomic E-state index is 10.7. The van der Waals surface area contributed by atoms with Crippen molar-refractivity contribution in [2.45, 2.75) is 63.7 Å². The quantitative estimate of drug-likeness (QED) is 0.593. The Kier molecular flexibility index (Phi) is 7.23. The van der Waals surface area contributed by atoms with E-state index in [0.717, 1.165) is 12.8 Å². The van der Waals surface area contributed by atoms with Crippen LogP contribution in [0.3, 0.4) is 0 Å². The van der Waals surface area contributed by atoms with Gasteiger partial charge in [0, 0.05) is 19.0 Å². The normalized spacial score (nSPS) is 20.6. The van der Waals surface area contributed by atoms with Gasteiger partial charge in [-0.3, -0.25) is 4.79 Å². The number of amides is 1. The van der Waals surface area contributed by atoms with Crippen LogP contribution in [0.2, 0.25) is 0 Å². The van der Waals surface area contributed by atoms with Crippen LogP contribution < -0.4 is 11.1 Å². The van der Waals surface area contributed by atoms with Crippen LogP contribution in [0.15, 0.2) is 0 Å². The van der Waals surface area contributed by atoms with Crippen molar-refractivity contribution in [2.75, 3.05) is 13.2 Å². The number of hydrogen-bond donors (Lipinski definition) is 3. The number of hydrogen-bond acceptors (Lipinski definition) is 4. The molecule has 1 rings (SSSR count). The van der Waals surface area contributed by atoms with Crippen LogP contribution in [0.4, 0.5) is 0 Å². The largest absolute Gasteiger partial charge is 0.389 e. The molecule has 0 spiro atoms. The molecule has 1 amide bonds. The molecule has 0 heterocycles. The van der Waals surface area contributed by atoms with E-state index in [1.54, 1.807) is 0 Å². The van der Waals surface area contributed by atoms with Gasteiger partial charge in [-0.1, -0.05) is 19.3 Å². The second kappa shape index (κ2) is 8.45. The topological polar surface area (TPSA) is 84.6 Å². The lowest BCUT2D eigenvalue weighted by Crippen LogP contribution is -2.38. The Hall–Kier alpha value is -0.650. The number of ether oxygens (including phenoxy) is 1. The number of rotatable bonds is 8. The molecule has 0 bridgehead atoms. The Morgan fingerprint density at radius 1 is 1.44 bits per heavy atom. The SMILES string of the molecule is CC(CC(N)=O)NCC(O)COC1CCCCC1. The van der Waals surface area contributed by atoms with Gasteiger partial charge >= 0.3 is 0 Å². The minimum Gasteiger partial charge on any atom is -0.389 e. The van der Waals surface area contributed by atoms with Gasteiger partial charge in [0.25, 0.3) is 0 Å². The summed E-state index contributed by atoms with van der Waals surface area (Å²) < 4.78 is 5.68. The summed E-state index contributed by atoms with van der Waals surface area (Å²) in [6.07, 6.45) is 6.06. The van der Waals surface area contributed by atoms with Crippen LogP contribution >= 0.6 is 0 Å². The molecule has 1 saturated carbocycles. The van der Waals surface area contributed by atoms with Crippen molar-refractivity contribution in [3.8, 4) is 0 Å². The van der Waals surface area contributed by atoms with E-state index in [-0.39, 0.29) is 18.4 Å². The van der Waals surface area contributed by atoms with E-state index in [1.807, 2.05) is 6.92 Å². The van der Waals surface area contributed by atoms with E-state index in [1.165, 1.54) is 19.3 Å². The number of nitrogens with one attached hydrogen (secondary N) is 1. The Morgan fingerprint density at radius 2 is 2.11 bits per heavy atom. The monoisotopic (exact) mass is 258 g/mol. The van der Waals surface area contributed by atoms with Gasteiger partial charge in [-0.25, -0.2) is 0 Å². The van der Waals surface area contributed by atoms with Crippen molar-refractivity contribution in [1.82, 2.24) is 5.32 Å². The first-order chi connectivity index (χ1) is 8.58. The first-order valence-electron chi connectivity index (χ1n) is 6.89. The highest BCUT2D eigenvalue weighted by Crippen LogP contribution is 2.20. The molecule has 5 heteroatoms. The smallest absolute Gasteiger partial charge is 0.218 e. The van der Waals surface area contributed by atoms with E-state index in [2.05, 4.69) is 5.32 Å². The third kappa shape index (κ3) is 6.93. The summed E-state index contributed by atoms with van der Waals surface area (Å²) in [6, 6.07) is -0.00756. The van der Waals surface area contributed by atoms with Crippen LogP contribution in [0.1, 0.15) is 45.4 Å². The van der Waals surface area contributed by atoms with Crippen molar-refractivity contribution in [1.29, 1.82) is 0 Å². The molecule has 5 nitrogen and oxygen atoms in total. The summed E-state index contributed by atoms with van der Waals surface area (Å²) in [5.74, 6) is -0.331. The average Bonchev–Trinajstić information content (AvgIpc) is 2.34. The highest BCUT2D eigenvalue weighted by Gasteiger charge is 2.16. The molecule has 0 aromatic rings. The zero-order valence-corrected chi connectivity index (χ0v) is 11.2. The summed E-state index contributed by atoms with van der Waals surface area (Å²) in [6.45, 7) is 2.67. The number of carbonyl (C=O) groups is 1. The molecular weight excluding hydrogens is 232 g/mol. The highest BCUT2D eigenvalue weighted by atomic mass is 16.5.